The van der Waals surface area contributed by atoms with Gasteiger partial charge in [0.2, 0.25) is 0 Å². The number of ether oxygens (including phenoxy) is 2. The van der Waals surface area contributed by atoms with E-state index in [1.165, 1.54) is 11.8 Å². The third kappa shape index (κ3) is 4.83. The molecular formula is C19H20N2O4S. The molecule has 1 atom stereocenters. The molecule has 1 amide bonds. The summed E-state index contributed by atoms with van der Waals surface area (Å²) in [4.78, 5) is 31.6. The van der Waals surface area contributed by atoms with Crippen molar-refractivity contribution in [1.29, 1.82) is 0 Å². The van der Waals surface area contributed by atoms with Gasteiger partial charge in [-0.2, -0.15) is 0 Å². The zero-order chi connectivity index (χ0) is 18.4. The summed E-state index contributed by atoms with van der Waals surface area (Å²) in [6.45, 7) is 3.16. The van der Waals surface area contributed by atoms with Crippen molar-refractivity contribution in [3.05, 3.63) is 54.2 Å². The van der Waals surface area contributed by atoms with Crippen LogP contribution in [0.4, 0.5) is 0 Å². The minimum absolute atomic E-state index is 0.00407. The molecule has 0 bridgehead atoms. The minimum Gasteiger partial charge on any atom is -0.452 e. The Balaban J connectivity index is 1.62. The third-order valence-electron chi connectivity index (χ3n) is 3.87. The maximum absolute atomic E-state index is 12.4. The minimum atomic E-state index is -0.550. The molecule has 1 aromatic carbocycles. The van der Waals surface area contributed by atoms with Gasteiger partial charge >= 0.3 is 5.97 Å². The summed E-state index contributed by atoms with van der Waals surface area (Å²) in [5, 5.41) is 0.552. The van der Waals surface area contributed by atoms with Gasteiger partial charge < -0.3 is 14.4 Å². The van der Waals surface area contributed by atoms with Crippen LogP contribution in [0.5, 0.6) is 0 Å². The molecule has 7 heteroatoms. The number of carbonyl (C=O) groups is 2. The summed E-state index contributed by atoms with van der Waals surface area (Å²) < 4.78 is 10.6. The molecule has 2 heterocycles. The smallest absolute Gasteiger partial charge is 0.341 e. The van der Waals surface area contributed by atoms with Crippen LogP contribution in [-0.4, -0.2) is 54.2 Å². The second kappa shape index (κ2) is 8.82. The second-order valence-corrected chi connectivity index (χ2v) is 6.93. The Labute approximate surface area is 156 Å². The maximum atomic E-state index is 12.4. The molecule has 0 aliphatic carbocycles. The molecule has 0 spiro atoms. The van der Waals surface area contributed by atoms with Crippen LogP contribution in [0.25, 0.3) is 0 Å². The molecule has 2 aromatic rings. The average Bonchev–Trinajstić information content (AvgIpc) is 2.67. The Hall–Kier alpha value is -2.38. The van der Waals surface area contributed by atoms with Crippen molar-refractivity contribution in [3.8, 4) is 0 Å². The summed E-state index contributed by atoms with van der Waals surface area (Å²) in [5.41, 5.74) is 0.351. The normalized spacial score (nSPS) is 17.0. The first-order valence-corrected chi connectivity index (χ1v) is 9.19. The Kier molecular flexibility index (Phi) is 6.25. The Morgan fingerprint density at radius 1 is 1.27 bits per heavy atom. The van der Waals surface area contributed by atoms with Crippen molar-refractivity contribution < 1.29 is 19.1 Å². The van der Waals surface area contributed by atoms with E-state index in [1.807, 2.05) is 37.3 Å². The number of hydrogen-bond donors (Lipinski definition) is 0. The van der Waals surface area contributed by atoms with Crippen LogP contribution in [0.3, 0.4) is 0 Å². The highest BCUT2D eigenvalue weighted by Gasteiger charge is 2.23. The van der Waals surface area contributed by atoms with E-state index in [9.17, 15) is 9.59 Å². The van der Waals surface area contributed by atoms with Crippen LogP contribution < -0.4 is 0 Å². The first kappa shape index (κ1) is 18.4. The van der Waals surface area contributed by atoms with E-state index in [0.29, 0.717) is 30.3 Å². The molecule has 0 saturated carbocycles. The SMILES string of the molecule is CC1CN(C(=O)COC(=O)c2cccnc2Sc2ccccc2)CCO1. The molecule has 1 aromatic heterocycles. The fourth-order valence-corrected chi connectivity index (χ4v) is 3.46. The molecular weight excluding hydrogens is 352 g/mol. The maximum Gasteiger partial charge on any atom is 0.341 e. The van der Waals surface area contributed by atoms with Gasteiger partial charge in [-0.1, -0.05) is 30.0 Å². The van der Waals surface area contributed by atoms with Crippen molar-refractivity contribution in [2.75, 3.05) is 26.3 Å². The summed E-state index contributed by atoms with van der Waals surface area (Å²) in [6, 6.07) is 13.0. The quantitative estimate of drug-likeness (QED) is 0.752. The largest absolute Gasteiger partial charge is 0.452 e. The van der Waals surface area contributed by atoms with Gasteiger partial charge in [0.15, 0.2) is 6.61 Å². The number of nitrogens with zero attached hydrogens (tertiary/aromatic N) is 2. The number of morpholine rings is 1. The number of amides is 1. The molecule has 136 valence electrons. The van der Waals surface area contributed by atoms with Gasteiger partial charge in [-0.15, -0.1) is 0 Å². The lowest BCUT2D eigenvalue weighted by molar-refractivity contribution is -0.141. The van der Waals surface area contributed by atoms with Crippen molar-refractivity contribution in [3.63, 3.8) is 0 Å². The highest BCUT2D eigenvalue weighted by molar-refractivity contribution is 7.99. The highest BCUT2D eigenvalue weighted by atomic mass is 32.2. The number of carbonyl (C=O) groups excluding carboxylic acids is 2. The Morgan fingerprint density at radius 3 is 2.85 bits per heavy atom. The molecule has 1 unspecified atom stereocenters. The van der Waals surface area contributed by atoms with Crippen molar-refractivity contribution in [2.45, 2.75) is 22.9 Å². The number of rotatable bonds is 5. The fraction of sp³-hybridized carbons (Fsp3) is 0.316. The van der Waals surface area contributed by atoms with Gasteiger partial charge in [-0.3, -0.25) is 4.79 Å². The van der Waals surface area contributed by atoms with E-state index in [2.05, 4.69) is 4.98 Å². The molecule has 1 saturated heterocycles. The lowest BCUT2D eigenvalue weighted by Crippen LogP contribution is -2.46. The van der Waals surface area contributed by atoms with E-state index in [4.69, 9.17) is 9.47 Å². The van der Waals surface area contributed by atoms with Gasteiger partial charge in [-0.25, -0.2) is 9.78 Å². The van der Waals surface area contributed by atoms with E-state index in [0.717, 1.165) is 4.90 Å². The molecule has 26 heavy (non-hydrogen) atoms. The third-order valence-corrected chi connectivity index (χ3v) is 4.90. The van der Waals surface area contributed by atoms with Gasteiger partial charge in [0.1, 0.15) is 5.03 Å². The zero-order valence-electron chi connectivity index (χ0n) is 14.5. The summed E-state index contributed by atoms with van der Waals surface area (Å²) >= 11 is 1.38. The lowest BCUT2D eigenvalue weighted by atomic mass is 10.3. The van der Waals surface area contributed by atoms with Gasteiger partial charge in [-0.05, 0) is 31.2 Å². The number of esters is 1. The van der Waals surface area contributed by atoms with Crippen molar-refractivity contribution in [1.82, 2.24) is 9.88 Å². The molecule has 6 nitrogen and oxygen atoms in total. The van der Waals surface area contributed by atoms with Gasteiger partial charge in [0.25, 0.3) is 5.91 Å². The molecule has 3 rings (SSSR count). The van der Waals surface area contributed by atoms with Gasteiger partial charge in [0.05, 0.1) is 18.3 Å². The monoisotopic (exact) mass is 372 g/mol. The number of hydrogen-bond acceptors (Lipinski definition) is 6. The van der Waals surface area contributed by atoms with E-state index in [1.54, 1.807) is 23.2 Å². The highest BCUT2D eigenvalue weighted by Crippen LogP contribution is 2.28. The first-order valence-electron chi connectivity index (χ1n) is 8.38. The predicted octanol–water partition coefficient (Wildman–Crippen LogP) is 2.64. The van der Waals surface area contributed by atoms with E-state index < -0.39 is 5.97 Å². The van der Waals surface area contributed by atoms with Crippen LogP contribution in [0.1, 0.15) is 17.3 Å². The van der Waals surface area contributed by atoms with Crippen molar-refractivity contribution in [2.24, 2.45) is 0 Å². The summed E-state index contributed by atoms with van der Waals surface area (Å²) in [6.07, 6.45) is 1.62. The van der Waals surface area contributed by atoms with Crippen LogP contribution in [-0.2, 0) is 14.3 Å². The summed E-state index contributed by atoms with van der Waals surface area (Å²) in [7, 11) is 0. The Bertz CT molecular complexity index is 769. The summed E-state index contributed by atoms with van der Waals surface area (Å²) in [5.74, 6) is -0.763. The van der Waals surface area contributed by atoms with Crippen LogP contribution in [0, 0.1) is 0 Å². The lowest BCUT2D eigenvalue weighted by Gasteiger charge is -2.30. The number of pyridine rings is 1. The topological polar surface area (TPSA) is 68.7 Å². The molecule has 1 fully saturated rings. The number of aromatic nitrogens is 1. The molecule has 1 aliphatic heterocycles. The number of benzene rings is 1. The Morgan fingerprint density at radius 2 is 2.08 bits per heavy atom. The van der Waals surface area contributed by atoms with E-state index >= 15 is 0 Å². The van der Waals surface area contributed by atoms with Crippen LogP contribution >= 0.6 is 11.8 Å². The second-order valence-electron chi connectivity index (χ2n) is 5.87. The first-order chi connectivity index (χ1) is 12.6. The van der Waals surface area contributed by atoms with E-state index in [-0.39, 0.29) is 18.6 Å². The zero-order valence-corrected chi connectivity index (χ0v) is 15.3. The average molecular weight is 372 g/mol. The fourth-order valence-electron chi connectivity index (χ4n) is 2.57. The molecule has 0 N–H and O–H groups in total. The molecule has 0 radical (unpaired) electrons. The van der Waals surface area contributed by atoms with Crippen LogP contribution in [0.2, 0.25) is 0 Å². The standard InChI is InChI=1S/C19H20N2O4S/c1-14-12-21(10-11-24-14)17(22)13-25-19(23)16-8-5-9-20-18(16)26-15-6-3-2-4-7-15/h2-9,14H,10-13H2,1H3. The molecule has 1 aliphatic rings. The van der Waals surface area contributed by atoms with Crippen LogP contribution in [0.15, 0.2) is 58.6 Å². The van der Waals surface area contributed by atoms with Gasteiger partial charge in [0, 0.05) is 24.2 Å². The van der Waals surface area contributed by atoms with Crippen molar-refractivity contribution >= 4 is 23.6 Å². The predicted molar refractivity (Wildman–Crippen MR) is 97.1 cm³/mol.